The van der Waals surface area contributed by atoms with Gasteiger partial charge < -0.3 is 9.88 Å². The molecule has 2 aliphatic heterocycles. The maximum absolute atomic E-state index is 12.3. The Morgan fingerprint density at radius 3 is 2.38 bits per heavy atom. The highest BCUT2D eigenvalue weighted by Crippen LogP contribution is 2.14. The highest BCUT2D eigenvalue weighted by atomic mass is 16.2. The SMILES string of the molecule is O=C(CN1CCCCC1)c1c[nH]c(C(=O)N2CCCC2)c1. The van der Waals surface area contributed by atoms with Crippen LogP contribution in [0, 0.1) is 0 Å². The van der Waals surface area contributed by atoms with E-state index < -0.39 is 0 Å². The minimum atomic E-state index is 0.0181. The summed E-state index contributed by atoms with van der Waals surface area (Å²) in [6.07, 6.45) is 7.46. The number of carbonyl (C=O) groups excluding carboxylic acids is 2. The number of aromatic nitrogens is 1. The molecule has 0 aromatic carbocycles. The third-order valence-electron chi connectivity index (χ3n) is 4.44. The molecular formula is C16H23N3O2. The smallest absolute Gasteiger partial charge is 0.270 e. The number of hydrogen-bond donors (Lipinski definition) is 1. The van der Waals surface area contributed by atoms with Gasteiger partial charge in [-0.1, -0.05) is 6.42 Å². The summed E-state index contributed by atoms with van der Waals surface area (Å²) in [5.41, 5.74) is 1.17. The van der Waals surface area contributed by atoms with Crippen molar-refractivity contribution in [3.63, 3.8) is 0 Å². The Morgan fingerprint density at radius 2 is 1.67 bits per heavy atom. The molecule has 1 aromatic rings. The van der Waals surface area contributed by atoms with Crippen LogP contribution in [0.4, 0.5) is 0 Å². The summed E-state index contributed by atoms with van der Waals surface area (Å²) in [6, 6.07) is 1.72. The average molecular weight is 289 g/mol. The van der Waals surface area contributed by atoms with Crippen molar-refractivity contribution in [3.8, 4) is 0 Å². The number of nitrogens with one attached hydrogen (secondary N) is 1. The van der Waals surface area contributed by atoms with Crippen LogP contribution in [-0.4, -0.2) is 59.2 Å². The molecule has 0 radical (unpaired) electrons. The maximum Gasteiger partial charge on any atom is 0.270 e. The number of rotatable bonds is 4. The monoisotopic (exact) mass is 289 g/mol. The first-order valence-electron chi connectivity index (χ1n) is 7.97. The zero-order valence-electron chi connectivity index (χ0n) is 12.4. The lowest BCUT2D eigenvalue weighted by atomic mass is 10.1. The van der Waals surface area contributed by atoms with E-state index in [4.69, 9.17) is 0 Å². The van der Waals surface area contributed by atoms with E-state index in [9.17, 15) is 9.59 Å². The Kier molecular flexibility index (Phi) is 4.39. The molecule has 21 heavy (non-hydrogen) atoms. The lowest BCUT2D eigenvalue weighted by molar-refractivity contribution is 0.0787. The predicted molar refractivity (Wildman–Crippen MR) is 80.6 cm³/mol. The van der Waals surface area contributed by atoms with E-state index in [1.165, 1.54) is 19.3 Å². The fourth-order valence-electron chi connectivity index (χ4n) is 3.18. The molecule has 0 unspecified atom stereocenters. The summed E-state index contributed by atoms with van der Waals surface area (Å²) in [5, 5.41) is 0. The van der Waals surface area contributed by atoms with Crippen molar-refractivity contribution in [1.82, 2.24) is 14.8 Å². The molecule has 3 rings (SSSR count). The molecule has 0 atom stereocenters. The van der Waals surface area contributed by atoms with E-state index in [1.54, 1.807) is 12.3 Å². The van der Waals surface area contributed by atoms with Crippen LogP contribution in [0.15, 0.2) is 12.3 Å². The summed E-state index contributed by atoms with van der Waals surface area (Å²) in [6.45, 7) is 4.14. The molecule has 1 N–H and O–H groups in total. The highest BCUT2D eigenvalue weighted by molar-refractivity contribution is 6.01. The number of aromatic amines is 1. The van der Waals surface area contributed by atoms with Crippen molar-refractivity contribution >= 4 is 11.7 Å². The van der Waals surface area contributed by atoms with Gasteiger partial charge in [-0.2, -0.15) is 0 Å². The Bertz CT molecular complexity index is 511. The molecule has 5 heteroatoms. The largest absolute Gasteiger partial charge is 0.356 e. The molecule has 0 spiro atoms. The zero-order valence-corrected chi connectivity index (χ0v) is 12.4. The molecule has 0 aliphatic carbocycles. The van der Waals surface area contributed by atoms with Gasteiger partial charge in [-0.25, -0.2) is 0 Å². The van der Waals surface area contributed by atoms with Crippen molar-refractivity contribution in [2.45, 2.75) is 32.1 Å². The van der Waals surface area contributed by atoms with E-state index in [-0.39, 0.29) is 11.7 Å². The number of H-pyrrole nitrogens is 1. The van der Waals surface area contributed by atoms with Crippen LogP contribution < -0.4 is 0 Å². The fraction of sp³-hybridized carbons (Fsp3) is 0.625. The first-order valence-corrected chi connectivity index (χ1v) is 7.97. The number of piperidine rings is 1. The molecule has 1 aromatic heterocycles. The first-order chi connectivity index (χ1) is 10.2. The summed E-state index contributed by atoms with van der Waals surface area (Å²) in [5.74, 6) is 0.123. The van der Waals surface area contributed by atoms with Gasteiger partial charge >= 0.3 is 0 Å². The van der Waals surface area contributed by atoms with Gasteiger partial charge in [0, 0.05) is 24.8 Å². The number of amides is 1. The van der Waals surface area contributed by atoms with E-state index in [1.807, 2.05) is 4.90 Å². The van der Waals surface area contributed by atoms with Crippen molar-refractivity contribution in [1.29, 1.82) is 0 Å². The van der Waals surface area contributed by atoms with Gasteiger partial charge in [-0.05, 0) is 44.8 Å². The molecule has 2 aliphatic rings. The van der Waals surface area contributed by atoms with Gasteiger partial charge in [-0.15, -0.1) is 0 Å². The lowest BCUT2D eigenvalue weighted by Gasteiger charge is -2.25. The second-order valence-corrected chi connectivity index (χ2v) is 6.06. The molecule has 114 valence electrons. The minimum absolute atomic E-state index is 0.0181. The minimum Gasteiger partial charge on any atom is -0.356 e. The molecule has 2 fully saturated rings. The number of ketones is 1. The summed E-state index contributed by atoms with van der Waals surface area (Å²) in [4.78, 5) is 31.6. The maximum atomic E-state index is 12.3. The van der Waals surface area contributed by atoms with Crippen molar-refractivity contribution < 1.29 is 9.59 Å². The van der Waals surface area contributed by atoms with Crippen molar-refractivity contribution in [2.75, 3.05) is 32.7 Å². The number of Topliss-reactive ketones (excluding diaryl/α,β-unsaturated/α-hetero) is 1. The van der Waals surface area contributed by atoms with E-state index in [0.717, 1.165) is 39.0 Å². The van der Waals surface area contributed by atoms with Gasteiger partial charge in [0.25, 0.3) is 5.91 Å². The van der Waals surface area contributed by atoms with Crippen LogP contribution >= 0.6 is 0 Å². The Morgan fingerprint density at radius 1 is 1.00 bits per heavy atom. The third kappa shape index (κ3) is 3.35. The molecule has 0 saturated carbocycles. The predicted octanol–water partition coefficient (Wildman–Crippen LogP) is 1.92. The summed E-state index contributed by atoms with van der Waals surface area (Å²) in [7, 11) is 0. The number of nitrogens with zero attached hydrogens (tertiary/aromatic N) is 2. The van der Waals surface area contributed by atoms with Crippen molar-refractivity contribution in [3.05, 3.63) is 23.5 Å². The van der Waals surface area contributed by atoms with Gasteiger partial charge in [0.05, 0.1) is 6.54 Å². The average Bonchev–Trinajstić information content (AvgIpc) is 3.19. The van der Waals surface area contributed by atoms with Crippen LogP contribution in [0.2, 0.25) is 0 Å². The van der Waals surface area contributed by atoms with Gasteiger partial charge in [0.1, 0.15) is 5.69 Å². The van der Waals surface area contributed by atoms with Crippen molar-refractivity contribution in [2.24, 2.45) is 0 Å². The first kappa shape index (κ1) is 14.3. The van der Waals surface area contributed by atoms with Crippen LogP contribution in [0.25, 0.3) is 0 Å². The Labute approximate surface area is 125 Å². The molecule has 1 amide bonds. The number of carbonyl (C=O) groups is 2. The van der Waals surface area contributed by atoms with E-state index in [2.05, 4.69) is 9.88 Å². The summed E-state index contributed by atoms with van der Waals surface area (Å²) < 4.78 is 0. The zero-order chi connectivity index (χ0) is 14.7. The number of likely N-dealkylation sites (tertiary alicyclic amines) is 2. The van der Waals surface area contributed by atoms with Gasteiger partial charge in [-0.3, -0.25) is 14.5 Å². The van der Waals surface area contributed by atoms with Gasteiger partial charge in [0.15, 0.2) is 5.78 Å². The fourth-order valence-corrected chi connectivity index (χ4v) is 3.18. The Hall–Kier alpha value is -1.62. The normalized spacial score (nSPS) is 19.9. The quantitative estimate of drug-likeness (QED) is 0.862. The molecule has 5 nitrogen and oxygen atoms in total. The second kappa shape index (κ2) is 6.43. The lowest BCUT2D eigenvalue weighted by Crippen LogP contribution is -2.34. The van der Waals surface area contributed by atoms with E-state index in [0.29, 0.717) is 17.8 Å². The van der Waals surface area contributed by atoms with E-state index >= 15 is 0 Å². The second-order valence-electron chi connectivity index (χ2n) is 6.06. The Balaban J connectivity index is 1.60. The molecular weight excluding hydrogens is 266 g/mol. The van der Waals surface area contributed by atoms with Gasteiger partial charge in [0.2, 0.25) is 0 Å². The molecule has 3 heterocycles. The third-order valence-corrected chi connectivity index (χ3v) is 4.44. The molecule has 2 saturated heterocycles. The number of hydrogen-bond acceptors (Lipinski definition) is 3. The van der Waals surface area contributed by atoms with Crippen LogP contribution in [0.1, 0.15) is 53.0 Å². The van der Waals surface area contributed by atoms with Crippen LogP contribution in [0.3, 0.4) is 0 Å². The molecule has 0 bridgehead atoms. The van der Waals surface area contributed by atoms with Crippen LogP contribution in [-0.2, 0) is 0 Å². The van der Waals surface area contributed by atoms with Crippen LogP contribution in [0.5, 0.6) is 0 Å². The highest BCUT2D eigenvalue weighted by Gasteiger charge is 2.22. The standard InChI is InChI=1S/C16H23N3O2/c20-15(12-18-6-2-1-3-7-18)13-10-14(17-11-13)16(21)19-8-4-5-9-19/h10-11,17H,1-9,12H2. The topological polar surface area (TPSA) is 56.4 Å². The summed E-state index contributed by atoms with van der Waals surface area (Å²) >= 11 is 0.